The number of amides is 1. The van der Waals surface area contributed by atoms with Gasteiger partial charge in [-0.25, -0.2) is 8.42 Å². The molecule has 0 aliphatic rings. The van der Waals surface area contributed by atoms with Gasteiger partial charge in [-0.15, -0.1) is 0 Å². The van der Waals surface area contributed by atoms with E-state index in [2.05, 4.69) is 5.32 Å². The van der Waals surface area contributed by atoms with Gasteiger partial charge in [0.25, 0.3) is 0 Å². The fourth-order valence-corrected chi connectivity index (χ4v) is 3.71. The first-order valence-corrected chi connectivity index (χ1v) is 10.1. The van der Waals surface area contributed by atoms with E-state index in [1.54, 1.807) is 12.1 Å². The van der Waals surface area contributed by atoms with Crippen LogP contribution in [0.25, 0.3) is 0 Å². The summed E-state index contributed by atoms with van der Waals surface area (Å²) in [7, 11) is 1.59. The molecule has 1 aromatic carbocycles. The first-order valence-electron chi connectivity index (χ1n) is 7.83. The summed E-state index contributed by atoms with van der Waals surface area (Å²) in [5.41, 5.74) is 0.230. The maximum atomic E-state index is 12.4. The zero-order valence-corrected chi connectivity index (χ0v) is 16.8. The molecule has 9 heteroatoms. The molecule has 0 saturated heterocycles. The molecular weight excluding hydrogens is 366 g/mol. The molecule has 0 spiro atoms. The second-order valence-corrected chi connectivity index (χ2v) is 8.29. The van der Waals surface area contributed by atoms with Crippen molar-refractivity contribution in [3.63, 3.8) is 0 Å². The molecule has 1 N–H and O–H groups in total. The van der Waals surface area contributed by atoms with E-state index in [1.807, 2.05) is 19.0 Å². The minimum atomic E-state index is -3.73. The smallest absolute Gasteiger partial charge is 0.243 e. The Hall–Kier alpha value is -1.51. The van der Waals surface area contributed by atoms with Crippen molar-refractivity contribution in [2.24, 2.45) is 0 Å². The highest BCUT2D eigenvalue weighted by atomic mass is 35.5. The van der Waals surface area contributed by atoms with E-state index in [0.29, 0.717) is 17.3 Å². The van der Waals surface area contributed by atoms with Crippen LogP contribution >= 0.6 is 11.6 Å². The summed E-state index contributed by atoms with van der Waals surface area (Å²) in [6, 6.07) is 3.69. The lowest BCUT2D eigenvalue weighted by Gasteiger charge is -2.29. The van der Waals surface area contributed by atoms with Crippen LogP contribution in [0, 0.1) is 0 Å². The van der Waals surface area contributed by atoms with Gasteiger partial charge in [0.15, 0.2) is 0 Å². The van der Waals surface area contributed by atoms with Crippen molar-refractivity contribution in [1.82, 2.24) is 10.2 Å². The summed E-state index contributed by atoms with van der Waals surface area (Å²) >= 11 is 6.00. The lowest BCUT2D eigenvalue weighted by atomic mass is 10.2. The second kappa shape index (κ2) is 9.26. The molecule has 1 aromatic rings. The van der Waals surface area contributed by atoms with Crippen molar-refractivity contribution >= 4 is 33.2 Å². The molecule has 0 aliphatic heterocycles. The Morgan fingerprint density at radius 1 is 1.36 bits per heavy atom. The van der Waals surface area contributed by atoms with Crippen molar-refractivity contribution in [2.45, 2.75) is 19.4 Å². The molecule has 1 rings (SSSR count). The normalized spacial score (nSPS) is 12.8. The molecule has 142 valence electrons. The van der Waals surface area contributed by atoms with Crippen molar-refractivity contribution < 1.29 is 17.9 Å². The van der Waals surface area contributed by atoms with Gasteiger partial charge in [-0.1, -0.05) is 11.6 Å². The predicted molar refractivity (Wildman–Crippen MR) is 101 cm³/mol. The maximum absolute atomic E-state index is 12.4. The summed E-state index contributed by atoms with van der Waals surface area (Å²) in [5.74, 6) is -0.0618. The van der Waals surface area contributed by atoms with E-state index in [4.69, 9.17) is 16.3 Å². The molecule has 0 bridgehead atoms. The summed E-state index contributed by atoms with van der Waals surface area (Å²) < 4.78 is 30.9. The molecule has 25 heavy (non-hydrogen) atoms. The Morgan fingerprint density at radius 2 is 2.00 bits per heavy atom. The number of carbonyl (C=O) groups excluding carboxylic acids is 1. The summed E-state index contributed by atoms with van der Waals surface area (Å²) in [6.07, 6.45) is 1.81. The van der Waals surface area contributed by atoms with Crippen molar-refractivity contribution in [2.75, 3.05) is 44.9 Å². The molecule has 0 aromatic heterocycles. The predicted octanol–water partition coefficient (Wildman–Crippen LogP) is 1.57. The molecule has 1 amide bonds. The van der Waals surface area contributed by atoms with Crippen LogP contribution in [0.1, 0.15) is 13.3 Å². The molecule has 1 atom stereocenters. The van der Waals surface area contributed by atoms with Crippen LogP contribution in [0.4, 0.5) is 5.69 Å². The Morgan fingerprint density at radius 3 is 2.52 bits per heavy atom. The topological polar surface area (TPSA) is 79.0 Å². The molecule has 0 radical (unpaired) electrons. The SMILES string of the molecule is COc1ccc(Cl)cc1N([C@@H](C)C(=O)NCCCN(C)C)S(C)(=O)=O. The van der Waals surface area contributed by atoms with Crippen LogP contribution in [0.3, 0.4) is 0 Å². The number of anilines is 1. The van der Waals surface area contributed by atoms with E-state index >= 15 is 0 Å². The summed E-state index contributed by atoms with van der Waals surface area (Å²) in [5, 5.41) is 3.12. The van der Waals surface area contributed by atoms with Gasteiger partial charge >= 0.3 is 0 Å². The highest BCUT2D eigenvalue weighted by Gasteiger charge is 2.31. The van der Waals surface area contributed by atoms with Crippen LogP contribution in [-0.2, 0) is 14.8 Å². The van der Waals surface area contributed by atoms with Gasteiger partial charge in [-0.3, -0.25) is 9.10 Å². The Bertz CT molecular complexity index is 695. The maximum Gasteiger partial charge on any atom is 0.243 e. The summed E-state index contributed by atoms with van der Waals surface area (Å²) in [6.45, 7) is 2.82. The molecule has 0 fully saturated rings. The molecule has 0 heterocycles. The number of benzene rings is 1. The Balaban J connectivity index is 3.04. The first-order chi connectivity index (χ1) is 11.6. The van der Waals surface area contributed by atoms with Crippen molar-refractivity contribution in [1.29, 1.82) is 0 Å². The van der Waals surface area contributed by atoms with Crippen LogP contribution in [0.15, 0.2) is 18.2 Å². The van der Waals surface area contributed by atoms with E-state index in [0.717, 1.165) is 23.5 Å². The van der Waals surface area contributed by atoms with Gasteiger partial charge < -0.3 is 15.0 Å². The summed E-state index contributed by atoms with van der Waals surface area (Å²) in [4.78, 5) is 14.4. The number of sulfonamides is 1. The zero-order valence-electron chi connectivity index (χ0n) is 15.2. The Labute approximate surface area is 154 Å². The van der Waals surface area contributed by atoms with Gasteiger partial charge in [0.1, 0.15) is 11.8 Å². The molecule has 7 nitrogen and oxygen atoms in total. The third-order valence-corrected chi connectivity index (χ3v) is 5.01. The van der Waals surface area contributed by atoms with Crippen LogP contribution in [0.5, 0.6) is 5.75 Å². The van der Waals surface area contributed by atoms with Gasteiger partial charge in [0.05, 0.1) is 19.1 Å². The third-order valence-electron chi connectivity index (χ3n) is 3.55. The zero-order chi connectivity index (χ0) is 19.2. The van der Waals surface area contributed by atoms with Crippen molar-refractivity contribution in [3.8, 4) is 5.75 Å². The number of hydrogen-bond acceptors (Lipinski definition) is 5. The monoisotopic (exact) mass is 391 g/mol. The highest BCUT2D eigenvalue weighted by molar-refractivity contribution is 7.92. The van der Waals surface area contributed by atoms with Gasteiger partial charge in [0.2, 0.25) is 15.9 Å². The fraction of sp³-hybridized carbons (Fsp3) is 0.562. The number of ether oxygens (including phenoxy) is 1. The number of methoxy groups -OCH3 is 1. The van der Waals surface area contributed by atoms with Crippen molar-refractivity contribution in [3.05, 3.63) is 23.2 Å². The largest absolute Gasteiger partial charge is 0.495 e. The van der Waals surface area contributed by atoms with Gasteiger partial charge in [-0.2, -0.15) is 0 Å². The third kappa shape index (κ3) is 6.37. The van der Waals surface area contributed by atoms with Gasteiger partial charge in [0, 0.05) is 11.6 Å². The molecule has 0 saturated carbocycles. The number of halogens is 1. The number of hydrogen-bond donors (Lipinski definition) is 1. The highest BCUT2D eigenvalue weighted by Crippen LogP contribution is 2.34. The first kappa shape index (κ1) is 21.5. The molecule has 0 aliphatic carbocycles. The van der Waals surface area contributed by atoms with E-state index in [1.165, 1.54) is 20.1 Å². The van der Waals surface area contributed by atoms with E-state index in [9.17, 15) is 13.2 Å². The number of carbonyl (C=O) groups is 1. The fourth-order valence-electron chi connectivity index (χ4n) is 2.37. The van der Waals surface area contributed by atoms with E-state index < -0.39 is 16.1 Å². The van der Waals surface area contributed by atoms with E-state index in [-0.39, 0.29) is 11.6 Å². The van der Waals surface area contributed by atoms with Gasteiger partial charge in [-0.05, 0) is 52.2 Å². The van der Waals surface area contributed by atoms with Crippen LogP contribution < -0.4 is 14.4 Å². The average molecular weight is 392 g/mol. The average Bonchev–Trinajstić information content (AvgIpc) is 2.50. The number of nitrogens with zero attached hydrogens (tertiary/aromatic N) is 2. The second-order valence-electron chi connectivity index (χ2n) is 6.00. The number of nitrogens with one attached hydrogen (secondary N) is 1. The quantitative estimate of drug-likeness (QED) is 0.646. The Kier molecular flexibility index (Phi) is 7.98. The number of rotatable bonds is 9. The molecule has 0 unspecified atom stereocenters. The van der Waals surface area contributed by atoms with Crippen LogP contribution in [0.2, 0.25) is 5.02 Å². The van der Waals surface area contributed by atoms with Crippen LogP contribution in [-0.4, -0.2) is 65.8 Å². The molecular formula is C16H26ClN3O4S. The standard InChI is InChI=1S/C16H26ClN3O4S/c1-12(16(21)18-9-6-10-19(2)3)20(25(5,22)23)14-11-13(17)7-8-15(14)24-4/h7-8,11-12H,6,9-10H2,1-5H3,(H,18,21)/t12-/m0/s1. The lowest BCUT2D eigenvalue weighted by Crippen LogP contribution is -2.48. The lowest BCUT2D eigenvalue weighted by molar-refractivity contribution is -0.121. The minimum absolute atomic E-state index is 0.230. The minimum Gasteiger partial charge on any atom is -0.495 e.